The number of amidine groups is 2. The van der Waals surface area contributed by atoms with Gasteiger partial charge in [-0.05, 0) is 24.3 Å². The van der Waals surface area contributed by atoms with Gasteiger partial charge in [0.25, 0.3) is 0 Å². The van der Waals surface area contributed by atoms with Crippen molar-refractivity contribution < 1.29 is 5.11 Å². The van der Waals surface area contributed by atoms with E-state index in [4.69, 9.17) is 10.8 Å². The average molecular weight is 187 g/mol. The Kier molecular flexibility index (Phi) is 1.81. The highest BCUT2D eigenvalue weighted by molar-refractivity contribution is 6.30. The lowest BCUT2D eigenvalue weighted by Crippen LogP contribution is -2.28. The molecule has 2 rings (SSSR count). The van der Waals surface area contributed by atoms with Gasteiger partial charge in [-0.2, -0.15) is 0 Å². The van der Waals surface area contributed by atoms with Crippen molar-refractivity contribution in [3.63, 3.8) is 0 Å². The molecule has 1 aromatic carbocycles. The number of hydrogen-bond acceptors (Lipinski definition) is 3. The summed E-state index contributed by atoms with van der Waals surface area (Å²) in [6, 6.07) is 6.51. The third kappa shape index (κ3) is 1.26. The van der Waals surface area contributed by atoms with Crippen LogP contribution in [0.4, 0.5) is 5.69 Å². The standard InChI is InChI=1S/C10H9N3O/c11-9-4-5-10(12)13(9)7-2-1-3-8(14)6-7/h1-6,11-12,14H. The Hall–Kier alpha value is -2.10. The first-order valence-corrected chi connectivity index (χ1v) is 4.13. The summed E-state index contributed by atoms with van der Waals surface area (Å²) in [5, 5.41) is 24.4. The lowest BCUT2D eigenvalue weighted by Gasteiger charge is -2.17. The van der Waals surface area contributed by atoms with Crippen molar-refractivity contribution in [1.82, 2.24) is 0 Å². The molecule has 0 aromatic heterocycles. The van der Waals surface area contributed by atoms with Crippen LogP contribution in [0.25, 0.3) is 0 Å². The molecule has 1 aliphatic heterocycles. The van der Waals surface area contributed by atoms with E-state index in [9.17, 15) is 5.11 Å². The van der Waals surface area contributed by atoms with Crippen LogP contribution in [0.2, 0.25) is 0 Å². The molecular formula is C10H9N3O. The van der Waals surface area contributed by atoms with Gasteiger partial charge in [0.05, 0.1) is 5.69 Å². The van der Waals surface area contributed by atoms with E-state index in [2.05, 4.69) is 0 Å². The number of aromatic hydroxyl groups is 1. The number of anilines is 1. The number of nitrogens with one attached hydrogen (secondary N) is 2. The Morgan fingerprint density at radius 3 is 2.29 bits per heavy atom. The van der Waals surface area contributed by atoms with Gasteiger partial charge in [0, 0.05) is 6.07 Å². The van der Waals surface area contributed by atoms with Crippen LogP contribution in [0.3, 0.4) is 0 Å². The smallest absolute Gasteiger partial charge is 0.131 e. The zero-order chi connectivity index (χ0) is 10.1. The molecule has 3 N–H and O–H groups in total. The van der Waals surface area contributed by atoms with Crippen molar-refractivity contribution in [2.45, 2.75) is 0 Å². The van der Waals surface area contributed by atoms with Crippen LogP contribution in [0.1, 0.15) is 0 Å². The van der Waals surface area contributed by atoms with Crippen molar-refractivity contribution in [3.8, 4) is 5.75 Å². The van der Waals surface area contributed by atoms with Gasteiger partial charge < -0.3 is 5.11 Å². The van der Waals surface area contributed by atoms with E-state index in [1.54, 1.807) is 30.4 Å². The summed E-state index contributed by atoms with van der Waals surface area (Å²) < 4.78 is 0. The third-order valence-corrected chi connectivity index (χ3v) is 1.97. The summed E-state index contributed by atoms with van der Waals surface area (Å²) in [4.78, 5) is 1.44. The van der Waals surface area contributed by atoms with Crippen molar-refractivity contribution in [2.75, 3.05) is 4.90 Å². The van der Waals surface area contributed by atoms with E-state index in [1.807, 2.05) is 0 Å². The first kappa shape index (κ1) is 8.50. The van der Waals surface area contributed by atoms with Crippen LogP contribution in [0, 0.1) is 10.8 Å². The fraction of sp³-hybridized carbons (Fsp3) is 0. The van der Waals surface area contributed by atoms with Crippen molar-refractivity contribution >= 4 is 17.4 Å². The molecule has 0 radical (unpaired) electrons. The van der Waals surface area contributed by atoms with Gasteiger partial charge in [-0.25, -0.2) is 0 Å². The first-order valence-electron chi connectivity index (χ1n) is 4.13. The molecule has 0 atom stereocenters. The maximum atomic E-state index is 9.26. The van der Waals surface area contributed by atoms with E-state index >= 15 is 0 Å². The summed E-state index contributed by atoms with van der Waals surface area (Å²) in [7, 11) is 0. The molecule has 14 heavy (non-hydrogen) atoms. The van der Waals surface area contributed by atoms with Gasteiger partial charge in [-0.15, -0.1) is 0 Å². The molecule has 0 fully saturated rings. The Morgan fingerprint density at radius 2 is 1.71 bits per heavy atom. The number of rotatable bonds is 1. The first-order chi connectivity index (χ1) is 6.68. The van der Waals surface area contributed by atoms with Crippen molar-refractivity contribution in [1.29, 1.82) is 10.8 Å². The Labute approximate surface area is 81.1 Å². The lowest BCUT2D eigenvalue weighted by molar-refractivity contribution is 0.475. The minimum Gasteiger partial charge on any atom is -0.508 e. The van der Waals surface area contributed by atoms with Crippen LogP contribution < -0.4 is 4.90 Å². The number of hydrogen-bond donors (Lipinski definition) is 3. The molecule has 1 heterocycles. The predicted molar refractivity (Wildman–Crippen MR) is 55.2 cm³/mol. The summed E-state index contributed by atoms with van der Waals surface area (Å²) in [6.07, 6.45) is 3.10. The number of phenols is 1. The Balaban J connectivity index is 2.41. The SMILES string of the molecule is N=C1C=CC(=N)N1c1cccc(O)c1. The minimum atomic E-state index is 0.134. The summed E-state index contributed by atoms with van der Waals surface area (Å²) in [5.41, 5.74) is 0.630. The molecule has 0 spiro atoms. The fourth-order valence-electron chi connectivity index (χ4n) is 1.35. The number of nitrogens with zero attached hydrogens (tertiary/aromatic N) is 1. The highest BCUT2D eigenvalue weighted by Crippen LogP contribution is 2.22. The molecule has 0 saturated heterocycles. The maximum absolute atomic E-state index is 9.26. The second-order valence-corrected chi connectivity index (χ2v) is 2.96. The van der Waals surface area contributed by atoms with Gasteiger partial charge in [-0.1, -0.05) is 6.07 Å². The lowest BCUT2D eigenvalue weighted by atomic mass is 10.2. The van der Waals surface area contributed by atoms with Gasteiger partial charge in [0.2, 0.25) is 0 Å². The molecule has 0 aliphatic carbocycles. The van der Waals surface area contributed by atoms with E-state index in [-0.39, 0.29) is 17.4 Å². The quantitative estimate of drug-likeness (QED) is 0.626. The highest BCUT2D eigenvalue weighted by atomic mass is 16.3. The zero-order valence-corrected chi connectivity index (χ0v) is 7.36. The number of benzene rings is 1. The average Bonchev–Trinajstić information content (AvgIpc) is 2.46. The largest absolute Gasteiger partial charge is 0.508 e. The predicted octanol–water partition coefficient (Wildman–Crippen LogP) is 1.72. The molecule has 1 aromatic rings. The minimum absolute atomic E-state index is 0.134. The summed E-state index contributed by atoms with van der Waals surface area (Å²) in [5.74, 6) is 0.608. The van der Waals surface area contributed by atoms with Gasteiger partial charge in [-0.3, -0.25) is 15.7 Å². The Bertz CT molecular complexity index is 419. The molecule has 4 heteroatoms. The summed E-state index contributed by atoms with van der Waals surface area (Å²) >= 11 is 0. The number of phenolic OH excluding ortho intramolecular Hbond substituents is 1. The van der Waals surface area contributed by atoms with Crippen molar-refractivity contribution in [3.05, 3.63) is 36.4 Å². The van der Waals surface area contributed by atoms with Crippen LogP contribution >= 0.6 is 0 Å². The zero-order valence-electron chi connectivity index (χ0n) is 7.36. The summed E-state index contributed by atoms with van der Waals surface area (Å²) in [6.45, 7) is 0. The van der Waals surface area contributed by atoms with E-state index in [0.29, 0.717) is 5.69 Å². The highest BCUT2D eigenvalue weighted by Gasteiger charge is 2.18. The van der Waals surface area contributed by atoms with Crippen LogP contribution in [-0.4, -0.2) is 16.8 Å². The Morgan fingerprint density at radius 1 is 1.07 bits per heavy atom. The molecule has 0 saturated carbocycles. The van der Waals surface area contributed by atoms with Gasteiger partial charge in [0.15, 0.2) is 0 Å². The maximum Gasteiger partial charge on any atom is 0.131 e. The van der Waals surface area contributed by atoms with Gasteiger partial charge >= 0.3 is 0 Å². The fourth-order valence-corrected chi connectivity index (χ4v) is 1.35. The van der Waals surface area contributed by atoms with E-state index in [1.165, 1.54) is 11.0 Å². The second kappa shape index (κ2) is 2.99. The monoisotopic (exact) mass is 187 g/mol. The molecule has 0 unspecified atom stereocenters. The normalized spacial score (nSPS) is 15.3. The van der Waals surface area contributed by atoms with E-state index < -0.39 is 0 Å². The van der Waals surface area contributed by atoms with Crippen LogP contribution in [0.15, 0.2) is 36.4 Å². The molecule has 1 aliphatic rings. The molecular weight excluding hydrogens is 178 g/mol. The molecule has 4 nitrogen and oxygen atoms in total. The topological polar surface area (TPSA) is 71.2 Å². The molecule has 0 bridgehead atoms. The van der Waals surface area contributed by atoms with Crippen molar-refractivity contribution in [2.24, 2.45) is 0 Å². The van der Waals surface area contributed by atoms with Gasteiger partial charge in [0.1, 0.15) is 17.4 Å². The second-order valence-electron chi connectivity index (χ2n) is 2.96. The molecule has 0 amide bonds. The molecule has 70 valence electrons. The van der Waals surface area contributed by atoms with Crippen LogP contribution in [-0.2, 0) is 0 Å². The van der Waals surface area contributed by atoms with E-state index in [0.717, 1.165) is 0 Å². The third-order valence-electron chi connectivity index (χ3n) is 1.97. The van der Waals surface area contributed by atoms with Crippen LogP contribution in [0.5, 0.6) is 5.75 Å².